The van der Waals surface area contributed by atoms with Crippen molar-refractivity contribution in [3.05, 3.63) is 42.0 Å². The van der Waals surface area contributed by atoms with E-state index in [2.05, 4.69) is 0 Å². The summed E-state index contributed by atoms with van der Waals surface area (Å²) < 4.78 is 11.2. The van der Waals surface area contributed by atoms with Gasteiger partial charge in [-0.15, -0.1) is 0 Å². The van der Waals surface area contributed by atoms with E-state index in [4.69, 9.17) is 9.47 Å². The third-order valence-electron chi connectivity index (χ3n) is 4.97. The molecular weight excluding hydrogens is 294 g/mol. The lowest BCUT2D eigenvalue weighted by Crippen LogP contribution is -2.40. The molecule has 0 aromatic heterocycles. The van der Waals surface area contributed by atoms with Crippen molar-refractivity contribution in [3.63, 3.8) is 0 Å². The molecule has 1 aromatic rings. The minimum atomic E-state index is -0.692. The molecule has 4 rings (SSSR count). The zero-order valence-corrected chi connectivity index (χ0v) is 13.2. The molecule has 0 saturated carbocycles. The highest BCUT2D eigenvalue weighted by Gasteiger charge is 2.67. The first-order valence-electron chi connectivity index (χ1n) is 7.97. The minimum Gasteiger partial charge on any atom is -0.466 e. The molecule has 1 spiro atoms. The number of aryl methyl sites for hydroxylation is 1. The molecule has 3 aliphatic rings. The average Bonchev–Trinajstić information content (AvgIpc) is 3.16. The molecule has 23 heavy (non-hydrogen) atoms. The van der Waals surface area contributed by atoms with Crippen molar-refractivity contribution in [1.29, 1.82) is 0 Å². The molecule has 2 bridgehead atoms. The summed E-state index contributed by atoms with van der Waals surface area (Å²) in [7, 11) is 0. The van der Waals surface area contributed by atoms with Crippen molar-refractivity contribution < 1.29 is 19.1 Å². The molecule has 0 N–H and O–H groups in total. The Morgan fingerprint density at radius 2 is 2.30 bits per heavy atom. The number of amides is 1. The summed E-state index contributed by atoms with van der Waals surface area (Å²) in [4.78, 5) is 27.0. The second kappa shape index (κ2) is 4.93. The number of anilines is 1. The summed E-state index contributed by atoms with van der Waals surface area (Å²) in [6.45, 7) is 4.52. The van der Waals surface area contributed by atoms with Crippen LogP contribution in [0.3, 0.4) is 0 Å². The molecule has 3 aliphatic heterocycles. The summed E-state index contributed by atoms with van der Waals surface area (Å²) in [5, 5.41) is 0. The van der Waals surface area contributed by atoms with E-state index < -0.39 is 17.4 Å². The molecule has 0 radical (unpaired) electrons. The number of fused-ring (bicyclic) bond motifs is 1. The number of carbonyl (C=O) groups is 2. The molecular formula is C18H19NO4. The first kappa shape index (κ1) is 14.5. The van der Waals surface area contributed by atoms with Crippen LogP contribution in [0, 0.1) is 18.8 Å². The number of hydrogen-bond donors (Lipinski definition) is 0. The Bertz CT molecular complexity index is 713. The van der Waals surface area contributed by atoms with Crippen molar-refractivity contribution in [3.8, 4) is 0 Å². The molecule has 3 heterocycles. The van der Waals surface area contributed by atoms with Gasteiger partial charge in [0.05, 0.1) is 25.2 Å². The van der Waals surface area contributed by atoms with E-state index in [-0.39, 0.29) is 18.0 Å². The van der Waals surface area contributed by atoms with E-state index in [1.165, 1.54) is 0 Å². The molecule has 1 amide bonds. The van der Waals surface area contributed by atoms with Crippen LogP contribution in [0.15, 0.2) is 36.4 Å². The Labute approximate surface area is 134 Å². The Morgan fingerprint density at radius 3 is 3.04 bits per heavy atom. The van der Waals surface area contributed by atoms with E-state index in [1.807, 2.05) is 43.3 Å². The zero-order chi connectivity index (χ0) is 16.2. The lowest BCUT2D eigenvalue weighted by atomic mass is 9.77. The van der Waals surface area contributed by atoms with E-state index in [0.29, 0.717) is 13.2 Å². The Balaban J connectivity index is 1.70. The van der Waals surface area contributed by atoms with Gasteiger partial charge in [0.2, 0.25) is 5.91 Å². The normalized spacial score (nSPS) is 34.1. The van der Waals surface area contributed by atoms with Crippen LogP contribution >= 0.6 is 0 Å². The molecule has 2 fully saturated rings. The first-order valence-corrected chi connectivity index (χ1v) is 7.97. The topological polar surface area (TPSA) is 55.8 Å². The second-order valence-corrected chi connectivity index (χ2v) is 6.42. The van der Waals surface area contributed by atoms with Gasteiger partial charge < -0.3 is 14.4 Å². The van der Waals surface area contributed by atoms with Crippen LogP contribution in [0.1, 0.15) is 12.5 Å². The summed E-state index contributed by atoms with van der Waals surface area (Å²) in [6.07, 6.45) is 3.50. The lowest BCUT2D eigenvalue weighted by molar-refractivity contribution is -0.151. The van der Waals surface area contributed by atoms with Gasteiger partial charge in [-0.25, -0.2) is 0 Å². The van der Waals surface area contributed by atoms with Gasteiger partial charge in [-0.1, -0.05) is 24.3 Å². The number of benzene rings is 1. The maximum Gasteiger partial charge on any atom is 0.312 e. The highest BCUT2D eigenvalue weighted by molar-refractivity contribution is 6.02. The van der Waals surface area contributed by atoms with Crippen LogP contribution < -0.4 is 4.90 Å². The van der Waals surface area contributed by atoms with Crippen LogP contribution in [0.25, 0.3) is 0 Å². The predicted molar refractivity (Wildman–Crippen MR) is 83.9 cm³/mol. The van der Waals surface area contributed by atoms with E-state index in [0.717, 1.165) is 11.3 Å². The van der Waals surface area contributed by atoms with Gasteiger partial charge in [-0.2, -0.15) is 0 Å². The average molecular weight is 313 g/mol. The van der Waals surface area contributed by atoms with Crippen molar-refractivity contribution >= 4 is 17.6 Å². The van der Waals surface area contributed by atoms with E-state index in [1.54, 1.807) is 11.8 Å². The van der Waals surface area contributed by atoms with Crippen molar-refractivity contribution in [2.24, 2.45) is 11.8 Å². The Kier molecular flexibility index (Phi) is 3.10. The van der Waals surface area contributed by atoms with Crippen LogP contribution in [-0.4, -0.2) is 36.7 Å². The van der Waals surface area contributed by atoms with Gasteiger partial charge in [0.15, 0.2) is 0 Å². The molecule has 0 unspecified atom stereocenters. The number of ether oxygens (including phenoxy) is 2. The van der Waals surface area contributed by atoms with Crippen molar-refractivity contribution in [2.75, 3.05) is 18.1 Å². The Hall–Kier alpha value is -2.14. The van der Waals surface area contributed by atoms with Gasteiger partial charge in [0.25, 0.3) is 0 Å². The van der Waals surface area contributed by atoms with Crippen molar-refractivity contribution in [1.82, 2.24) is 0 Å². The van der Waals surface area contributed by atoms with Crippen LogP contribution in [-0.2, 0) is 19.1 Å². The van der Waals surface area contributed by atoms with Crippen LogP contribution in [0.2, 0.25) is 0 Å². The van der Waals surface area contributed by atoms with Gasteiger partial charge >= 0.3 is 5.97 Å². The maximum absolute atomic E-state index is 13.0. The monoisotopic (exact) mass is 313 g/mol. The first-order chi connectivity index (χ1) is 11.1. The van der Waals surface area contributed by atoms with Gasteiger partial charge in [0.1, 0.15) is 11.5 Å². The number of esters is 1. The largest absolute Gasteiger partial charge is 0.466 e. The van der Waals surface area contributed by atoms with E-state index in [9.17, 15) is 9.59 Å². The lowest BCUT2D eigenvalue weighted by Gasteiger charge is -2.22. The molecule has 1 aromatic carbocycles. The summed E-state index contributed by atoms with van der Waals surface area (Å²) in [5.74, 6) is -1.42. The van der Waals surface area contributed by atoms with Crippen LogP contribution in [0.5, 0.6) is 0 Å². The fourth-order valence-corrected chi connectivity index (χ4v) is 4.02. The summed E-state index contributed by atoms with van der Waals surface area (Å²) in [6, 6.07) is 7.82. The minimum absolute atomic E-state index is 0.0551. The van der Waals surface area contributed by atoms with Crippen molar-refractivity contribution in [2.45, 2.75) is 25.6 Å². The highest BCUT2D eigenvalue weighted by atomic mass is 16.6. The molecule has 5 nitrogen and oxygen atoms in total. The summed E-state index contributed by atoms with van der Waals surface area (Å²) in [5.41, 5.74) is 1.25. The quantitative estimate of drug-likeness (QED) is 0.631. The molecule has 4 atom stereocenters. The van der Waals surface area contributed by atoms with Gasteiger partial charge in [-0.3, -0.25) is 9.59 Å². The molecule has 0 aliphatic carbocycles. The number of rotatable bonds is 3. The smallest absolute Gasteiger partial charge is 0.312 e. The van der Waals surface area contributed by atoms with Crippen LogP contribution in [0.4, 0.5) is 5.69 Å². The predicted octanol–water partition coefficient (Wildman–Crippen LogP) is 1.84. The second-order valence-electron chi connectivity index (χ2n) is 6.42. The number of carbonyl (C=O) groups excluding carboxylic acids is 2. The maximum atomic E-state index is 13.0. The van der Waals surface area contributed by atoms with E-state index >= 15 is 0 Å². The highest BCUT2D eigenvalue weighted by Crippen LogP contribution is 2.52. The van der Waals surface area contributed by atoms with Gasteiger partial charge in [-0.05, 0) is 31.5 Å². The molecule has 120 valence electrons. The third kappa shape index (κ3) is 1.96. The summed E-state index contributed by atoms with van der Waals surface area (Å²) >= 11 is 0. The van der Waals surface area contributed by atoms with Gasteiger partial charge in [0, 0.05) is 5.69 Å². The number of hydrogen-bond acceptors (Lipinski definition) is 4. The molecule has 5 heteroatoms. The standard InChI is InChI=1S/C18H19NO4/c1-3-22-17(21)14-13-7-8-18(23-13)10-19(16(20)15(14)18)12-6-4-5-11(2)9-12/h4-9,13-15H,3,10H2,1-2H3/t13-,14-,15-,18-/m0/s1. The third-order valence-corrected chi connectivity index (χ3v) is 4.97. The SMILES string of the molecule is CCOC(=O)[C@H]1[C@@H]2C=C[C@@]3(CN(c4cccc(C)c4)C(=O)[C@H]13)O2. The zero-order valence-electron chi connectivity index (χ0n) is 13.2. The number of nitrogens with zero attached hydrogens (tertiary/aromatic N) is 1. The fourth-order valence-electron chi connectivity index (χ4n) is 4.02. The molecule has 2 saturated heterocycles. The Morgan fingerprint density at radius 1 is 1.48 bits per heavy atom. The fraction of sp³-hybridized carbons (Fsp3) is 0.444.